The summed E-state index contributed by atoms with van der Waals surface area (Å²) in [6.45, 7) is 3.22. The van der Waals surface area contributed by atoms with Crippen LogP contribution in [0.2, 0.25) is 0 Å². The monoisotopic (exact) mass is 600 g/mol. The summed E-state index contributed by atoms with van der Waals surface area (Å²) in [4.78, 5) is 35.0. The van der Waals surface area contributed by atoms with E-state index in [4.69, 9.17) is 10.5 Å². The van der Waals surface area contributed by atoms with Gasteiger partial charge in [0.2, 0.25) is 10.3 Å². The third-order valence-corrected chi connectivity index (χ3v) is 7.13. The van der Waals surface area contributed by atoms with Gasteiger partial charge in [0.25, 0.3) is 5.91 Å². The van der Waals surface area contributed by atoms with Gasteiger partial charge in [0.15, 0.2) is 5.69 Å². The molecule has 5 aromatic rings. The number of rotatable bonds is 11. The van der Waals surface area contributed by atoms with Crippen LogP contribution in [-0.4, -0.2) is 52.0 Å². The molecule has 4 N–H and O–H groups in total. The number of nitrogens with one attached hydrogen (secondary N) is 2. The molecule has 0 radical (unpaired) electrons. The number of terminal acetylenes is 1. The Labute approximate surface area is 250 Å². The number of carbonyl (C=O) groups is 1. The average molecular weight is 601 g/mol. The highest BCUT2D eigenvalue weighted by atomic mass is 32.1. The maximum atomic E-state index is 13.5. The zero-order valence-corrected chi connectivity index (χ0v) is 24.3. The highest BCUT2D eigenvalue weighted by molar-refractivity contribution is 7.17. The Morgan fingerprint density at radius 2 is 1.81 bits per heavy atom. The van der Waals surface area contributed by atoms with Crippen molar-refractivity contribution in [2.24, 2.45) is 16.0 Å². The van der Waals surface area contributed by atoms with Crippen molar-refractivity contribution < 1.29 is 9.53 Å². The number of hydrogen-bond donors (Lipinski definition) is 3. The van der Waals surface area contributed by atoms with E-state index in [1.807, 2.05) is 66.0 Å². The fraction of sp³-hybridized carbons (Fsp3) is 0.172. The van der Waals surface area contributed by atoms with E-state index in [1.165, 1.54) is 22.2 Å². The van der Waals surface area contributed by atoms with Crippen LogP contribution in [0.25, 0.3) is 27.6 Å². The second-order valence-electron chi connectivity index (χ2n) is 8.38. The summed E-state index contributed by atoms with van der Waals surface area (Å²) in [5.74, 6) is 1.96. The van der Waals surface area contributed by atoms with Crippen molar-refractivity contribution in [3.8, 4) is 40.0 Å². The normalized spacial score (nSPS) is 10.7. The molecule has 0 aliphatic heterocycles. The van der Waals surface area contributed by atoms with Gasteiger partial charge in [-0.15, -0.1) is 33.9 Å². The molecule has 1 amide bonds. The van der Waals surface area contributed by atoms with Gasteiger partial charge >= 0.3 is 5.56 Å². The summed E-state index contributed by atoms with van der Waals surface area (Å²) in [5.41, 5.74) is 8.05. The first-order chi connectivity index (χ1) is 20.5. The largest absolute Gasteiger partial charge is 0.378 e. The molecule has 0 atom stereocenters. The molecule has 0 unspecified atom stereocenters. The number of azo groups is 1. The standard InChI is InChI=1S/C26H24N8O3S2.C3H4/c27-11-13-37-14-12-28-23(35)20-15-29-25(39-20)32-31-22-21(18-9-5-2-6-10-18)33-34(24(22)36)26-30-19(16-38-26)17-7-3-1-4-8-17;1-3-2/h1-10,15-16,33H,11-14,27H2,(H,28,35);1H,2H3. The number of amides is 1. The van der Waals surface area contributed by atoms with Crippen molar-refractivity contribution in [3.05, 3.63) is 87.5 Å². The first-order valence-corrected chi connectivity index (χ1v) is 14.5. The average Bonchev–Trinajstić information content (AvgIpc) is 3.77. The predicted octanol–water partition coefficient (Wildman–Crippen LogP) is 5.17. The number of nitrogens with two attached hydrogens (primary N) is 1. The van der Waals surface area contributed by atoms with Gasteiger partial charge in [0.05, 0.1) is 30.8 Å². The van der Waals surface area contributed by atoms with E-state index < -0.39 is 5.56 Å². The summed E-state index contributed by atoms with van der Waals surface area (Å²) >= 11 is 2.41. The SMILES string of the molecule is C#CC.NCCOCCNC(=O)c1cnc(N=Nc2c(-c3ccccc3)[nH]n(-c3nc(-c4ccccc4)cs3)c2=O)s1. The van der Waals surface area contributed by atoms with Gasteiger partial charge in [0.1, 0.15) is 4.88 Å². The minimum Gasteiger partial charge on any atom is -0.378 e. The Hall–Kier alpha value is -4.74. The zero-order valence-electron chi connectivity index (χ0n) is 22.7. The van der Waals surface area contributed by atoms with E-state index in [9.17, 15) is 9.59 Å². The van der Waals surface area contributed by atoms with Crippen molar-refractivity contribution in [3.63, 3.8) is 0 Å². The van der Waals surface area contributed by atoms with Crippen LogP contribution in [0.3, 0.4) is 0 Å². The topological polar surface area (TPSA) is 153 Å². The van der Waals surface area contributed by atoms with E-state index in [0.29, 0.717) is 42.0 Å². The smallest absolute Gasteiger partial charge is 0.301 e. The molecule has 0 saturated heterocycles. The fourth-order valence-electron chi connectivity index (χ4n) is 3.59. The molecule has 13 heteroatoms. The fourth-order valence-corrected chi connectivity index (χ4v) is 5.03. The molecule has 214 valence electrons. The number of thiazole rings is 2. The van der Waals surface area contributed by atoms with E-state index in [0.717, 1.165) is 28.2 Å². The first-order valence-electron chi connectivity index (χ1n) is 12.8. The number of aromatic amines is 1. The lowest BCUT2D eigenvalue weighted by Crippen LogP contribution is -2.27. The van der Waals surface area contributed by atoms with Crippen molar-refractivity contribution in [2.45, 2.75) is 6.92 Å². The predicted molar refractivity (Wildman–Crippen MR) is 166 cm³/mol. The van der Waals surface area contributed by atoms with Crippen molar-refractivity contribution >= 4 is 39.4 Å². The Morgan fingerprint density at radius 3 is 2.50 bits per heavy atom. The Kier molecular flexibility index (Phi) is 11.0. The van der Waals surface area contributed by atoms with E-state index in [-0.39, 0.29) is 16.7 Å². The summed E-state index contributed by atoms with van der Waals surface area (Å²) < 4.78 is 6.62. The van der Waals surface area contributed by atoms with Gasteiger partial charge in [-0.2, -0.15) is 4.68 Å². The molecule has 5 rings (SSSR count). The number of aromatic nitrogens is 4. The Bertz CT molecular complexity index is 1720. The van der Waals surface area contributed by atoms with Crippen LogP contribution < -0.4 is 16.6 Å². The maximum Gasteiger partial charge on any atom is 0.301 e. The van der Waals surface area contributed by atoms with E-state index >= 15 is 0 Å². The molecule has 0 aliphatic rings. The highest BCUT2D eigenvalue weighted by Crippen LogP contribution is 2.30. The molecular weight excluding hydrogens is 573 g/mol. The van der Waals surface area contributed by atoms with Gasteiger partial charge in [-0.25, -0.2) is 9.97 Å². The summed E-state index contributed by atoms with van der Waals surface area (Å²) in [6.07, 6.45) is 6.02. The van der Waals surface area contributed by atoms with Crippen LogP contribution in [0.1, 0.15) is 16.6 Å². The molecule has 3 heterocycles. The number of hydrogen-bond acceptors (Lipinski definition) is 10. The molecule has 3 aromatic heterocycles. The molecule has 11 nitrogen and oxygen atoms in total. The lowest BCUT2D eigenvalue weighted by atomic mass is 10.1. The molecule has 2 aromatic carbocycles. The lowest BCUT2D eigenvalue weighted by molar-refractivity contribution is 0.0923. The first kappa shape index (κ1) is 30.2. The lowest BCUT2D eigenvalue weighted by Gasteiger charge is -2.03. The molecule has 42 heavy (non-hydrogen) atoms. The molecular formula is C29H28N8O3S2. The third kappa shape index (κ3) is 7.71. The number of nitrogens with zero attached hydrogens (tertiary/aromatic N) is 5. The van der Waals surface area contributed by atoms with E-state index in [1.54, 1.807) is 6.92 Å². The van der Waals surface area contributed by atoms with Crippen LogP contribution >= 0.6 is 22.7 Å². The second-order valence-corrected chi connectivity index (χ2v) is 10.2. The van der Waals surface area contributed by atoms with Crippen LogP contribution in [0, 0.1) is 12.3 Å². The number of H-pyrrole nitrogens is 1. The molecule has 0 spiro atoms. The zero-order chi connectivity index (χ0) is 29.7. The molecule has 0 bridgehead atoms. The Morgan fingerprint density at radius 1 is 1.12 bits per heavy atom. The summed E-state index contributed by atoms with van der Waals surface area (Å²) in [5, 5.41) is 16.9. The number of benzene rings is 2. The van der Waals surface area contributed by atoms with Gasteiger partial charge in [-0.3, -0.25) is 14.7 Å². The minimum atomic E-state index is -0.404. The van der Waals surface area contributed by atoms with Gasteiger partial charge < -0.3 is 15.8 Å². The summed E-state index contributed by atoms with van der Waals surface area (Å²) in [6, 6.07) is 19.1. The van der Waals surface area contributed by atoms with Crippen LogP contribution in [0.5, 0.6) is 0 Å². The van der Waals surface area contributed by atoms with Crippen LogP contribution in [0.4, 0.5) is 10.8 Å². The molecule has 0 fully saturated rings. The van der Waals surface area contributed by atoms with E-state index in [2.05, 4.69) is 43.0 Å². The van der Waals surface area contributed by atoms with Gasteiger partial charge in [-0.05, 0) is 6.92 Å². The number of carbonyl (C=O) groups excluding carboxylic acids is 1. The maximum absolute atomic E-state index is 13.5. The third-order valence-electron chi connectivity index (χ3n) is 5.43. The van der Waals surface area contributed by atoms with Crippen molar-refractivity contribution in [1.29, 1.82) is 0 Å². The van der Waals surface area contributed by atoms with Crippen molar-refractivity contribution in [2.75, 3.05) is 26.3 Å². The minimum absolute atomic E-state index is 0.107. The number of ether oxygens (including phenoxy) is 1. The van der Waals surface area contributed by atoms with Crippen LogP contribution in [-0.2, 0) is 4.74 Å². The van der Waals surface area contributed by atoms with Crippen molar-refractivity contribution in [1.82, 2.24) is 25.1 Å². The summed E-state index contributed by atoms with van der Waals surface area (Å²) in [7, 11) is 0. The second kappa shape index (κ2) is 15.3. The van der Waals surface area contributed by atoms with Gasteiger partial charge in [0, 0.05) is 29.6 Å². The molecule has 0 saturated carbocycles. The Balaban J connectivity index is 0.00000129. The molecule has 0 aliphatic carbocycles. The quantitative estimate of drug-likeness (QED) is 0.108. The highest BCUT2D eigenvalue weighted by Gasteiger charge is 2.19. The van der Waals surface area contributed by atoms with Crippen LogP contribution in [0.15, 0.2) is 87.3 Å². The van der Waals surface area contributed by atoms with Gasteiger partial charge in [-0.1, -0.05) is 72.0 Å².